The normalized spacial score (nSPS) is 11.8. The summed E-state index contributed by atoms with van der Waals surface area (Å²) in [6, 6.07) is 9.02. The van der Waals surface area contributed by atoms with E-state index in [9.17, 15) is 13.2 Å². The maximum absolute atomic E-state index is 11.7. The van der Waals surface area contributed by atoms with Crippen LogP contribution in [0.2, 0.25) is 0 Å². The minimum absolute atomic E-state index is 0.0156. The van der Waals surface area contributed by atoms with Crippen molar-refractivity contribution >= 4 is 20.7 Å². The molecule has 1 heterocycles. The van der Waals surface area contributed by atoms with E-state index in [1.807, 2.05) is 28.8 Å². The van der Waals surface area contributed by atoms with Gasteiger partial charge in [-0.05, 0) is 12.1 Å². The van der Waals surface area contributed by atoms with Crippen LogP contribution in [0.3, 0.4) is 0 Å². The molecule has 1 aromatic heterocycles. The fourth-order valence-corrected chi connectivity index (χ4v) is 2.55. The zero-order valence-corrected chi connectivity index (χ0v) is 12.2. The number of sulfone groups is 1. The van der Waals surface area contributed by atoms with Crippen LogP contribution in [-0.2, 0) is 16.4 Å². The van der Waals surface area contributed by atoms with Gasteiger partial charge >= 0.3 is 0 Å². The van der Waals surface area contributed by atoms with Crippen LogP contribution in [0.15, 0.2) is 41.3 Å². The summed E-state index contributed by atoms with van der Waals surface area (Å²) >= 11 is 0. The summed E-state index contributed by atoms with van der Waals surface area (Å²) in [7, 11) is -2.92. The first kappa shape index (κ1) is 14.7. The Hall–Kier alpha value is -1.66. The van der Waals surface area contributed by atoms with E-state index < -0.39 is 9.84 Å². The average Bonchev–Trinajstić information content (AvgIpc) is 2.40. The fourth-order valence-electron chi connectivity index (χ4n) is 2.04. The number of hydrogen-bond acceptors (Lipinski definition) is 4. The molecule has 0 spiro atoms. The summed E-state index contributed by atoms with van der Waals surface area (Å²) in [5, 5.41) is 3.79. The second kappa shape index (κ2) is 6.19. The summed E-state index contributed by atoms with van der Waals surface area (Å²) in [4.78, 5) is 11.7. The molecule has 0 amide bonds. The van der Waals surface area contributed by atoms with Gasteiger partial charge < -0.3 is 9.88 Å². The van der Waals surface area contributed by atoms with E-state index in [1.54, 1.807) is 12.3 Å². The standard InChI is InChI=1S/C14H18N2O3S/c1-20(18,19)11-8-15-7-10-16-9-6-14(17)12-4-2-3-5-13(12)16/h2-6,9,15H,7-8,10-11H2,1H3. The minimum Gasteiger partial charge on any atom is -0.346 e. The Kier molecular flexibility index (Phi) is 4.57. The smallest absolute Gasteiger partial charge is 0.189 e. The molecule has 0 bridgehead atoms. The first-order chi connectivity index (χ1) is 9.47. The predicted octanol–water partition coefficient (Wildman–Crippen LogP) is 0.636. The lowest BCUT2D eigenvalue weighted by atomic mass is 10.2. The van der Waals surface area contributed by atoms with Gasteiger partial charge in [-0.1, -0.05) is 12.1 Å². The van der Waals surface area contributed by atoms with Crippen molar-refractivity contribution < 1.29 is 8.42 Å². The molecule has 0 aliphatic rings. The van der Waals surface area contributed by atoms with E-state index in [1.165, 1.54) is 6.26 Å². The third kappa shape index (κ3) is 3.91. The van der Waals surface area contributed by atoms with Gasteiger partial charge in [-0.15, -0.1) is 0 Å². The quantitative estimate of drug-likeness (QED) is 0.794. The number of hydrogen-bond donors (Lipinski definition) is 1. The Morgan fingerprint density at radius 2 is 1.90 bits per heavy atom. The van der Waals surface area contributed by atoms with Crippen LogP contribution < -0.4 is 10.7 Å². The Morgan fingerprint density at radius 3 is 2.65 bits per heavy atom. The van der Waals surface area contributed by atoms with Gasteiger partial charge in [-0.3, -0.25) is 4.79 Å². The van der Waals surface area contributed by atoms with E-state index in [-0.39, 0.29) is 11.2 Å². The van der Waals surface area contributed by atoms with Gasteiger partial charge in [0, 0.05) is 43.5 Å². The zero-order valence-electron chi connectivity index (χ0n) is 11.4. The van der Waals surface area contributed by atoms with Crippen LogP contribution in [0.1, 0.15) is 0 Å². The van der Waals surface area contributed by atoms with Gasteiger partial charge in [0.2, 0.25) is 0 Å². The van der Waals surface area contributed by atoms with Crippen LogP contribution in [-0.4, -0.2) is 38.1 Å². The highest BCUT2D eigenvalue weighted by molar-refractivity contribution is 7.90. The van der Waals surface area contributed by atoms with Gasteiger partial charge in [0.1, 0.15) is 9.84 Å². The highest BCUT2D eigenvalue weighted by Gasteiger charge is 2.03. The lowest BCUT2D eigenvalue weighted by Gasteiger charge is -2.11. The van der Waals surface area contributed by atoms with Crippen molar-refractivity contribution in [2.45, 2.75) is 6.54 Å². The Balaban J connectivity index is 2.01. The predicted molar refractivity (Wildman–Crippen MR) is 80.8 cm³/mol. The van der Waals surface area contributed by atoms with Crippen molar-refractivity contribution in [3.05, 3.63) is 46.8 Å². The molecule has 0 atom stereocenters. The molecule has 6 heteroatoms. The molecule has 108 valence electrons. The Morgan fingerprint density at radius 1 is 1.15 bits per heavy atom. The van der Waals surface area contributed by atoms with Gasteiger partial charge in [-0.2, -0.15) is 0 Å². The number of nitrogens with zero attached hydrogens (tertiary/aromatic N) is 1. The SMILES string of the molecule is CS(=O)(=O)CCNCCn1ccc(=O)c2ccccc21. The van der Waals surface area contributed by atoms with Crippen molar-refractivity contribution in [1.82, 2.24) is 9.88 Å². The molecule has 0 saturated heterocycles. The van der Waals surface area contributed by atoms with Crippen LogP contribution in [0, 0.1) is 0 Å². The third-order valence-electron chi connectivity index (χ3n) is 3.06. The molecule has 0 radical (unpaired) electrons. The molecular formula is C14H18N2O3S. The molecule has 1 aromatic carbocycles. The molecule has 5 nitrogen and oxygen atoms in total. The van der Waals surface area contributed by atoms with E-state index in [0.717, 1.165) is 5.52 Å². The van der Waals surface area contributed by atoms with Gasteiger partial charge in [0.05, 0.1) is 11.3 Å². The molecule has 1 N–H and O–H groups in total. The lowest BCUT2D eigenvalue weighted by Crippen LogP contribution is -2.26. The van der Waals surface area contributed by atoms with Gasteiger partial charge in [0.25, 0.3) is 0 Å². The third-order valence-corrected chi connectivity index (χ3v) is 4.01. The summed E-state index contributed by atoms with van der Waals surface area (Å²) < 4.78 is 24.0. The van der Waals surface area contributed by atoms with Crippen molar-refractivity contribution in [3.63, 3.8) is 0 Å². The van der Waals surface area contributed by atoms with E-state index in [4.69, 9.17) is 0 Å². The van der Waals surface area contributed by atoms with E-state index >= 15 is 0 Å². The highest BCUT2D eigenvalue weighted by Crippen LogP contribution is 2.08. The molecular weight excluding hydrogens is 276 g/mol. The molecule has 20 heavy (non-hydrogen) atoms. The summed E-state index contributed by atoms with van der Waals surface area (Å²) in [5.74, 6) is 0.137. The van der Waals surface area contributed by atoms with Crippen LogP contribution in [0.5, 0.6) is 0 Å². The number of pyridine rings is 1. The monoisotopic (exact) mass is 294 g/mol. The van der Waals surface area contributed by atoms with Gasteiger partial charge in [0.15, 0.2) is 5.43 Å². The van der Waals surface area contributed by atoms with Crippen LogP contribution in [0.4, 0.5) is 0 Å². The average molecular weight is 294 g/mol. The number of nitrogens with one attached hydrogen (secondary N) is 1. The molecule has 0 unspecified atom stereocenters. The van der Waals surface area contributed by atoms with E-state index in [0.29, 0.717) is 25.0 Å². The van der Waals surface area contributed by atoms with Gasteiger partial charge in [-0.25, -0.2) is 8.42 Å². The number of benzene rings is 1. The topological polar surface area (TPSA) is 68.2 Å². The van der Waals surface area contributed by atoms with Crippen LogP contribution in [0.25, 0.3) is 10.9 Å². The lowest BCUT2D eigenvalue weighted by molar-refractivity contribution is 0.589. The molecule has 0 fully saturated rings. The molecule has 0 aliphatic carbocycles. The number of fused-ring (bicyclic) bond motifs is 1. The first-order valence-electron chi connectivity index (χ1n) is 6.44. The number of para-hydroxylation sites is 1. The molecule has 0 saturated carbocycles. The summed E-state index contributed by atoms with van der Waals surface area (Å²) in [6.45, 7) is 1.78. The number of aromatic nitrogens is 1. The minimum atomic E-state index is -2.92. The van der Waals surface area contributed by atoms with Crippen molar-refractivity contribution in [3.8, 4) is 0 Å². The first-order valence-corrected chi connectivity index (χ1v) is 8.50. The second-order valence-corrected chi connectivity index (χ2v) is 7.03. The Labute approximate surface area is 118 Å². The molecule has 0 aliphatic heterocycles. The van der Waals surface area contributed by atoms with Crippen LogP contribution >= 0.6 is 0 Å². The maximum Gasteiger partial charge on any atom is 0.189 e. The second-order valence-electron chi connectivity index (χ2n) is 4.77. The van der Waals surface area contributed by atoms with Crippen molar-refractivity contribution in [1.29, 1.82) is 0 Å². The maximum atomic E-state index is 11.7. The zero-order chi connectivity index (χ0) is 14.6. The summed E-state index contributed by atoms with van der Waals surface area (Å²) in [5.41, 5.74) is 0.909. The summed E-state index contributed by atoms with van der Waals surface area (Å²) in [6.07, 6.45) is 2.99. The fraction of sp³-hybridized carbons (Fsp3) is 0.357. The Bertz CT molecular complexity index is 750. The molecule has 2 rings (SSSR count). The highest BCUT2D eigenvalue weighted by atomic mass is 32.2. The number of rotatable bonds is 6. The molecule has 2 aromatic rings. The van der Waals surface area contributed by atoms with Crippen molar-refractivity contribution in [2.24, 2.45) is 0 Å². The van der Waals surface area contributed by atoms with E-state index in [2.05, 4.69) is 5.32 Å². The largest absolute Gasteiger partial charge is 0.346 e. The van der Waals surface area contributed by atoms with Crippen molar-refractivity contribution in [2.75, 3.05) is 25.1 Å².